The molecule has 0 N–H and O–H groups in total. The zero-order chi connectivity index (χ0) is 9.54. The molecule has 0 radical (unpaired) electrons. The number of fused-ring (bicyclic) bond motifs is 2. The van der Waals surface area contributed by atoms with E-state index in [-0.39, 0.29) is 11.9 Å². The molecule has 2 heteroatoms. The maximum absolute atomic E-state index is 11.3. The van der Waals surface area contributed by atoms with Crippen molar-refractivity contribution in [2.75, 3.05) is 6.61 Å². The SMILES string of the molecule is O=C1COC2C=C3CC=CCC3=C2C1. The molecule has 2 nitrogen and oxygen atoms in total. The van der Waals surface area contributed by atoms with Crippen LogP contribution in [0.1, 0.15) is 19.3 Å². The van der Waals surface area contributed by atoms with Crippen LogP contribution in [-0.2, 0) is 9.53 Å². The van der Waals surface area contributed by atoms with E-state index in [1.165, 1.54) is 16.7 Å². The molecular weight excluding hydrogens is 176 g/mol. The lowest BCUT2D eigenvalue weighted by Crippen LogP contribution is -2.25. The average molecular weight is 188 g/mol. The normalized spacial score (nSPS) is 30.1. The van der Waals surface area contributed by atoms with Gasteiger partial charge in [0.25, 0.3) is 0 Å². The van der Waals surface area contributed by atoms with Crippen molar-refractivity contribution in [3.8, 4) is 0 Å². The summed E-state index contributed by atoms with van der Waals surface area (Å²) in [7, 11) is 0. The molecule has 1 unspecified atom stereocenters. The van der Waals surface area contributed by atoms with Crippen molar-refractivity contribution >= 4 is 5.78 Å². The van der Waals surface area contributed by atoms with Gasteiger partial charge in [-0.2, -0.15) is 0 Å². The maximum Gasteiger partial charge on any atom is 0.162 e. The zero-order valence-electron chi connectivity index (χ0n) is 7.95. The summed E-state index contributed by atoms with van der Waals surface area (Å²) in [6.45, 7) is 0.290. The van der Waals surface area contributed by atoms with E-state index >= 15 is 0 Å². The predicted molar refractivity (Wildman–Crippen MR) is 52.8 cm³/mol. The van der Waals surface area contributed by atoms with Crippen molar-refractivity contribution in [2.24, 2.45) is 0 Å². The molecule has 3 rings (SSSR count). The van der Waals surface area contributed by atoms with Gasteiger partial charge >= 0.3 is 0 Å². The fourth-order valence-corrected chi connectivity index (χ4v) is 2.43. The summed E-state index contributed by atoms with van der Waals surface area (Å²) >= 11 is 0. The molecule has 1 saturated heterocycles. The van der Waals surface area contributed by atoms with Gasteiger partial charge in [-0.25, -0.2) is 0 Å². The van der Waals surface area contributed by atoms with Gasteiger partial charge < -0.3 is 4.74 Å². The molecule has 3 aliphatic rings. The first-order valence-electron chi connectivity index (χ1n) is 5.06. The van der Waals surface area contributed by atoms with Gasteiger partial charge in [-0.15, -0.1) is 0 Å². The van der Waals surface area contributed by atoms with E-state index in [1.54, 1.807) is 0 Å². The third-order valence-electron chi connectivity index (χ3n) is 3.11. The maximum atomic E-state index is 11.3. The lowest BCUT2D eigenvalue weighted by atomic mass is 9.92. The van der Waals surface area contributed by atoms with Gasteiger partial charge in [-0.3, -0.25) is 4.79 Å². The highest BCUT2D eigenvalue weighted by molar-refractivity contribution is 5.84. The van der Waals surface area contributed by atoms with Crippen LogP contribution >= 0.6 is 0 Å². The molecule has 0 bridgehead atoms. The van der Waals surface area contributed by atoms with Crippen LogP contribution in [0.15, 0.2) is 34.9 Å². The molecule has 1 atom stereocenters. The fourth-order valence-electron chi connectivity index (χ4n) is 2.43. The van der Waals surface area contributed by atoms with E-state index in [9.17, 15) is 4.79 Å². The number of Topliss-reactive ketones (excluding diaryl/α,β-unsaturated/α-hetero) is 1. The van der Waals surface area contributed by atoms with Crippen LogP contribution < -0.4 is 0 Å². The van der Waals surface area contributed by atoms with Gasteiger partial charge in [0.05, 0.1) is 6.10 Å². The second kappa shape index (κ2) is 2.92. The summed E-state index contributed by atoms with van der Waals surface area (Å²) < 4.78 is 5.49. The molecule has 0 aromatic rings. The van der Waals surface area contributed by atoms with Gasteiger partial charge in [0.15, 0.2) is 5.78 Å². The molecule has 1 heterocycles. The second-order valence-electron chi connectivity index (χ2n) is 4.02. The van der Waals surface area contributed by atoms with Crippen LogP contribution in [0.25, 0.3) is 0 Å². The average Bonchev–Trinajstić information content (AvgIpc) is 2.56. The Kier molecular flexibility index (Phi) is 1.71. The van der Waals surface area contributed by atoms with Crippen LogP contribution in [0.4, 0.5) is 0 Å². The zero-order valence-corrected chi connectivity index (χ0v) is 7.95. The van der Waals surface area contributed by atoms with E-state index < -0.39 is 0 Å². The first kappa shape index (κ1) is 8.18. The Balaban J connectivity index is 2.01. The van der Waals surface area contributed by atoms with Crippen LogP contribution in [-0.4, -0.2) is 18.5 Å². The highest BCUT2D eigenvalue weighted by Gasteiger charge is 2.31. The number of carbonyl (C=O) groups is 1. The number of hydrogen-bond acceptors (Lipinski definition) is 2. The molecule has 2 aliphatic carbocycles. The van der Waals surface area contributed by atoms with Crippen molar-refractivity contribution in [3.05, 3.63) is 34.9 Å². The Morgan fingerprint density at radius 2 is 2.14 bits per heavy atom. The lowest BCUT2D eigenvalue weighted by Gasteiger charge is -2.21. The number of carbonyl (C=O) groups excluding carboxylic acids is 1. The molecule has 0 amide bonds. The van der Waals surface area contributed by atoms with Crippen molar-refractivity contribution in [1.29, 1.82) is 0 Å². The minimum atomic E-state index is 0.109. The van der Waals surface area contributed by atoms with Gasteiger partial charge in [0.2, 0.25) is 0 Å². The molecular formula is C12H12O2. The fraction of sp³-hybridized carbons (Fsp3) is 0.417. The van der Waals surface area contributed by atoms with Crippen molar-refractivity contribution in [3.63, 3.8) is 0 Å². The first-order valence-corrected chi connectivity index (χ1v) is 5.06. The first-order chi connectivity index (χ1) is 6.84. The van der Waals surface area contributed by atoms with Crippen molar-refractivity contribution < 1.29 is 9.53 Å². The Bertz CT molecular complexity index is 385. The van der Waals surface area contributed by atoms with Gasteiger partial charge in [0.1, 0.15) is 6.61 Å². The predicted octanol–water partition coefficient (Wildman–Crippen LogP) is 1.93. The molecule has 1 aliphatic heterocycles. The van der Waals surface area contributed by atoms with Crippen LogP contribution in [0, 0.1) is 0 Å². The summed E-state index contributed by atoms with van der Waals surface area (Å²) in [4.78, 5) is 11.3. The van der Waals surface area contributed by atoms with Crippen molar-refractivity contribution in [1.82, 2.24) is 0 Å². The number of rotatable bonds is 0. The Labute approximate surface area is 82.9 Å². The number of ketones is 1. The smallest absolute Gasteiger partial charge is 0.162 e. The molecule has 0 spiro atoms. The van der Waals surface area contributed by atoms with E-state index in [0.717, 1.165) is 12.8 Å². The number of hydrogen-bond donors (Lipinski definition) is 0. The quantitative estimate of drug-likeness (QED) is 0.543. The minimum Gasteiger partial charge on any atom is -0.362 e. The summed E-state index contributed by atoms with van der Waals surface area (Å²) in [5, 5.41) is 0. The summed E-state index contributed by atoms with van der Waals surface area (Å²) in [5.41, 5.74) is 3.97. The summed E-state index contributed by atoms with van der Waals surface area (Å²) in [6.07, 6.45) is 9.25. The van der Waals surface area contributed by atoms with Crippen LogP contribution in [0.2, 0.25) is 0 Å². The van der Waals surface area contributed by atoms with E-state index in [0.29, 0.717) is 13.0 Å². The molecule has 1 fully saturated rings. The topological polar surface area (TPSA) is 26.3 Å². The molecule has 72 valence electrons. The highest BCUT2D eigenvalue weighted by Crippen LogP contribution is 2.38. The Morgan fingerprint density at radius 1 is 1.29 bits per heavy atom. The lowest BCUT2D eigenvalue weighted by molar-refractivity contribution is -0.126. The molecule has 0 aromatic heterocycles. The largest absolute Gasteiger partial charge is 0.362 e. The Morgan fingerprint density at radius 3 is 3.07 bits per heavy atom. The van der Waals surface area contributed by atoms with Gasteiger partial charge in [0, 0.05) is 6.42 Å². The number of ether oxygens (including phenoxy) is 1. The third kappa shape index (κ3) is 1.11. The van der Waals surface area contributed by atoms with E-state index in [2.05, 4.69) is 18.2 Å². The second-order valence-corrected chi connectivity index (χ2v) is 4.02. The highest BCUT2D eigenvalue weighted by atomic mass is 16.5. The van der Waals surface area contributed by atoms with Crippen molar-refractivity contribution in [2.45, 2.75) is 25.4 Å². The standard InChI is InChI=1S/C12H12O2/c13-9-6-11-10-4-2-1-3-8(10)5-12(11)14-7-9/h1-2,5,12H,3-4,6-7H2. The monoisotopic (exact) mass is 188 g/mol. The molecule has 0 saturated carbocycles. The van der Waals surface area contributed by atoms with Gasteiger partial charge in [-0.05, 0) is 35.6 Å². The number of allylic oxidation sites excluding steroid dienone is 4. The summed E-state index contributed by atoms with van der Waals surface area (Å²) in [6, 6.07) is 0. The van der Waals surface area contributed by atoms with E-state index in [4.69, 9.17) is 4.74 Å². The Hall–Kier alpha value is -1.15. The summed E-state index contributed by atoms with van der Waals surface area (Å²) in [5.74, 6) is 0.216. The van der Waals surface area contributed by atoms with Crippen LogP contribution in [0.5, 0.6) is 0 Å². The minimum absolute atomic E-state index is 0.109. The van der Waals surface area contributed by atoms with Gasteiger partial charge in [-0.1, -0.05) is 12.2 Å². The molecule has 14 heavy (non-hydrogen) atoms. The van der Waals surface area contributed by atoms with Crippen LogP contribution in [0.3, 0.4) is 0 Å². The third-order valence-corrected chi connectivity index (χ3v) is 3.11. The molecule has 0 aromatic carbocycles. The van der Waals surface area contributed by atoms with E-state index in [1.807, 2.05) is 0 Å².